The van der Waals surface area contributed by atoms with E-state index < -0.39 is 6.10 Å². The molecule has 0 spiro atoms. The first-order valence-corrected chi connectivity index (χ1v) is 6.40. The highest BCUT2D eigenvalue weighted by Crippen LogP contribution is 2.14. The van der Waals surface area contributed by atoms with Crippen LogP contribution < -0.4 is 5.32 Å². The van der Waals surface area contributed by atoms with E-state index in [1.54, 1.807) is 0 Å². The summed E-state index contributed by atoms with van der Waals surface area (Å²) in [6.45, 7) is 8.84. The number of carbonyl (C=O) groups is 1. The second kappa shape index (κ2) is 8.57. The molecular formula is C13H27NO2. The standard InChI is InChI=1S/C13H27NO2/c1-5-6-12(15)9-14-13(16)8-11(4)7-10(2)3/h10-12,15H,5-9H2,1-4H3,(H,14,16). The Morgan fingerprint density at radius 3 is 2.44 bits per heavy atom. The maximum atomic E-state index is 11.5. The summed E-state index contributed by atoms with van der Waals surface area (Å²) in [6, 6.07) is 0. The molecule has 0 fully saturated rings. The van der Waals surface area contributed by atoms with Gasteiger partial charge in [-0.1, -0.05) is 34.1 Å². The Hall–Kier alpha value is -0.570. The van der Waals surface area contributed by atoms with Crippen LogP contribution in [0.4, 0.5) is 0 Å². The smallest absolute Gasteiger partial charge is 0.220 e. The fourth-order valence-corrected chi connectivity index (χ4v) is 1.94. The summed E-state index contributed by atoms with van der Waals surface area (Å²) < 4.78 is 0. The van der Waals surface area contributed by atoms with Gasteiger partial charge in [-0.25, -0.2) is 0 Å². The number of amides is 1. The average molecular weight is 229 g/mol. The van der Waals surface area contributed by atoms with Gasteiger partial charge < -0.3 is 10.4 Å². The lowest BCUT2D eigenvalue weighted by atomic mass is 9.96. The normalized spacial score (nSPS) is 14.9. The third-order valence-electron chi connectivity index (χ3n) is 2.56. The minimum atomic E-state index is -0.394. The molecule has 96 valence electrons. The molecule has 0 aliphatic heterocycles. The summed E-state index contributed by atoms with van der Waals surface area (Å²) in [6.07, 6.45) is 2.94. The first kappa shape index (κ1) is 15.4. The zero-order valence-electron chi connectivity index (χ0n) is 11.1. The SMILES string of the molecule is CCCC(O)CNC(=O)CC(C)CC(C)C. The van der Waals surface area contributed by atoms with Crippen LogP contribution in [-0.4, -0.2) is 23.7 Å². The monoisotopic (exact) mass is 229 g/mol. The van der Waals surface area contributed by atoms with Crippen LogP contribution in [0.3, 0.4) is 0 Å². The zero-order valence-corrected chi connectivity index (χ0v) is 11.1. The minimum absolute atomic E-state index is 0.0586. The van der Waals surface area contributed by atoms with Gasteiger partial charge in [-0.15, -0.1) is 0 Å². The lowest BCUT2D eigenvalue weighted by Gasteiger charge is -2.15. The minimum Gasteiger partial charge on any atom is -0.391 e. The molecule has 3 nitrogen and oxygen atoms in total. The third-order valence-corrected chi connectivity index (χ3v) is 2.56. The summed E-state index contributed by atoms with van der Waals surface area (Å²) in [4.78, 5) is 11.5. The van der Waals surface area contributed by atoms with Crippen LogP contribution in [0.1, 0.15) is 53.4 Å². The summed E-state index contributed by atoms with van der Waals surface area (Å²) in [5.74, 6) is 1.11. The quantitative estimate of drug-likeness (QED) is 0.671. The third kappa shape index (κ3) is 8.72. The largest absolute Gasteiger partial charge is 0.391 e. The first-order valence-electron chi connectivity index (χ1n) is 6.40. The van der Waals surface area contributed by atoms with E-state index in [1.165, 1.54) is 0 Å². The number of hydrogen-bond acceptors (Lipinski definition) is 2. The van der Waals surface area contributed by atoms with Gasteiger partial charge in [0.15, 0.2) is 0 Å². The van der Waals surface area contributed by atoms with Gasteiger partial charge in [-0.2, -0.15) is 0 Å². The van der Waals surface area contributed by atoms with Crippen molar-refractivity contribution in [2.45, 2.75) is 59.5 Å². The molecule has 3 heteroatoms. The van der Waals surface area contributed by atoms with Crippen molar-refractivity contribution < 1.29 is 9.90 Å². The molecule has 0 bridgehead atoms. The summed E-state index contributed by atoms with van der Waals surface area (Å²) in [5, 5.41) is 12.2. The van der Waals surface area contributed by atoms with Crippen LogP contribution in [0.25, 0.3) is 0 Å². The predicted molar refractivity (Wildman–Crippen MR) is 67.2 cm³/mol. The lowest BCUT2D eigenvalue weighted by Crippen LogP contribution is -2.32. The second-order valence-corrected chi connectivity index (χ2v) is 5.19. The molecule has 0 aromatic carbocycles. The summed E-state index contributed by atoms with van der Waals surface area (Å²) >= 11 is 0. The Morgan fingerprint density at radius 1 is 1.31 bits per heavy atom. The predicted octanol–water partition coefficient (Wildman–Crippen LogP) is 2.34. The van der Waals surface area contributed by atoms with Gasteiger partial charge in [0.25, 0.3) is 0 Å². The van der Waals surface area contributed by atoms with Gasteiger partial charge in [-0.3, -0.25) is 4.79 Å². The van der Waals surface area contributed by atoms with E-state index in [9.17, 15) is 9.90 Å². The highest BCUT2D eigenvalue weighted by molar-refractivity contribution is 5.76. The molecule has 16 heavy (non-hydrogen) atoms. The number of rotatable bonds is 8. The highest BCUT2D eigenvalue weighted by atomic mass is 16.3. The van der Waals surface area contributed by atoms with Gasteiger partial charge in [0.2, 0.25) is 5.91 Å². The molecule has 0 saturated carbocycles. The number of hydrogen-bond donors (Lipinski definition) is 2. The van der Waals surface area contributed by atoms with Gasteiger partial charge in [0.1, 0.15) is 0 Å². The van der Waals surface area contributed by atoms with Crippen LogP contribution in [0.2, 0.25) is 0 Å². The lowest BCUT2D eigenvalue weighted by molar-refractivity contribution is -0.122. The van der Waals surface area contributed by atoms with E-state index in [2.05, 4.69) is 26.1 Å². The van der Waals surface area contributed by atoms with Crippen LogP contribution in [0.15, 0.2) is 0 Å². The van der Waals surface area contributed by atoms with Crippen molar-refractivity contribution in [3.63, 3.8) is 0 Å². The van der Waals surface area contributed by atoms with Crippen LogP contribution in [0.5, 0.6) is 0 Å². The van der Waals surface area contributed by atoms with Crippen LogP contribution >= 0.6 is 0 Å². The van der Waals surface area contributed by atoms with Gasteiger partial charge in [0.05, 0.1) is 6.10 Å². The van der Waals surface area contributed by atoms with E-state index >= 15 is 0 Å². The Labute approximate surface area is 99.6 Å². The molecule has 0 rings (SSSR count). The molecule has 1 amide bonds. The number of aliphatic hydroxyl groups is 1. The molecule has 2 N–H and O–H groups in total. The fourth-order valence-electron chi connectivity index (χ4n) is 1.94. The van der Waals surface area contributed by atoms with Crippen molar-refractivity contribution in [1.82, 2.24) is 5.32 Å². The van der Waals surface area contributed by atoms with Crippen molar-refractivity contribution in [3.8, 4) is 0 Å². The molecular weight excluding hydrogens is 202 g/mol. The van der Waals surface area contributed by atoms with E-state index in [4.69, 9.17) is 0 Å². The molecule has 0 aromatic heterocycles. The van der Waals surface area contributed by atoms with Gasteiger partial charge in [0, 0.05) is 13.0 Å². The molecule has 0 saturated heterocycles. The number of carbonyl (C=O) groups excluding carboxylic acids is 1. The van der Waals surface area contributed by atoms with Crippen molar-refractivity contribution in [2.24, 2.45) is 11.8 Å². The van der Waals surface area contributed by atoms with Crippen molar-refractivity contribution >= 4 is 5.91 Å². The molecule has 0 heterocycles. The number of aliphatic hydroxyl groups excluding tert-OH is 1. The summed E-state index contributed by atoms with van der Waals surface area (Å²) in [7, 11) is 0. The van der Waals surface area contributed by atoms with Gasteiger partial charge >= 0.3 is 0 Å². The zero-order chi connectivity index (χ0) is 12.6. The Balaban J connectivity index is 3.65. The van der Waals surface area contributed by atoms with E-state index in [1.807, 2.05) is 6.92 Å². The molecule has 0 aliphatic carbocycles. The fraction of sp³-hybridized carbons (Fsp3) is 0.923. The van der Waals surface area contributed by atoms with Crippen LogP contribution in [-0.2, 0) is 4.79 Å². The van der Waals surface area contributed by atoms with Crippen molar-refractivity contribution in [1.29, 1.82) is 0 Å². The van der Waals surface area contributed by atoms with Crippen molar-refractivity contribution in [3.05, 3.63) is 0 Å². The first-order chi connectivity index (χ1) is 7.45. The van der Waals surface area contributed by atoms with E-state index in [0.29, 0.717) is 24.8 Å². The molecule has 2 unspecified atom stereocenters. The molecule has 0 aromatic rings. The van der Waals surface area contributed by atoms with Crippen molar-refractivity contribution in [2.75, 3.05) is 6.54 Å². The topological polar surface area (TPSA) is 49.3 Å². The maximum Gasteiger partial charge on any atom is 0.220 e. The highest BCUT2D eigenvalue weighted by Gasteiger charge is 2.11. The Morgan fingerprint density at radius 2 is 1.94 bits per heavy atom. The Bertz CT molecular complexity index is 192. The van der Waals surface area contributed by atoms with Crippen LogP contribution in [0, 0.1) is 11.8 Å². The number of nitrogens with one attached hydrogen (secondary N) is 1. The maximum absolute atomic E-state index is 11.5. The second-order valence-electron chi connectivity index (χ2n) is 5.19. The van der Waals surface area contributed by atoms with E-state index in [-0.39, 0.29) is 5.91 Å². The average Bonchev–Trinajstić information content (AvgIpc) is 2.13. The van der Waals surface area contributed by atoms with Gasteiger partial charge in [-0.05, 0) is 24.7 Å². The van der Waals surface area contributed by atoms with E-state index in [0.717, 1.165) is 19.3 Å². The molecule has 0 aliphatic rings. The molecule has 2 atom stereocenters. The molecule has 0 radical (unpaired) electrons. The Kier molecular flexibility index (Phi) is 8.26. The summed E-state index contributed by atoms with van der Waals surface area (Å²) in [5.41, 5.74) is 0.